The molecule has 0 heterocycles. The third kappa shape index (κ3) is 11.1. The molecule has 0 aliphatic rings. The maximum atomic E-state index is 12.2. The molecule has 6 nitrogen and oxygen atoms in total. The number of nitrogens with zero attached hydrogens (tertiary/aromatic N) is 1. The second kappa shape index (κ2) is 9.25. The van der Waals surface area contributed by atoms with E-state index in [1.54, 1.807) is 41.5 Å². The van der Waals surface area contributed by atoms with E-state index in [1.165, 1.54) is 0 Å². The fraction of sp³-hybridized carbons (Fsp3) is 0.812. The maximum Gasteiger partial charge on any atom is 0.419 e. The fourth-order valence-electron chi connectivity index (χ4n) is 1.55. The average Bonchev–Trinajstić information content (AvgIpc) is 2.33. The molecule has 23 heavy (non-hydrogen) atoms. The van der Waals surface area contributed by atoms with Gasteiger partial charge in [-0.25, -0.2) is 14.5 Å². The topological polar surface area (TPSA) is 72.9 Å². The van der Waals surface area contributed by atoms with Crippen molar-refractivity contribution in [3.63, 3.8) is 0 Å². The fourth-order valence-corrected chi connectivity index (χ4v) is 1.83. The van der Waals surface area contributed by atoms with Gasteiger partial charge in [0.25, 0.3) is 0 Å². The molecule has 0 aliphatic carbocycles. The highest BCUT2D eigenvalue weighted by molar-refractivity contribution is 9.09. The maximum absolute atomic E-state index is 12.2. The van der Waals surface area contributed by atoms with Gasteiger partial charge in [-0.15, -0.1) is 0 Å². The molecule has 0 saturated carbocycles. The summed E-state index contributed by atoms with van der Waals surface area (Å²) in [6.45, 7) is 10.5. The van der Waals surface area contributed by atoms with Gasteiger partial charge >= 0.3 is 12.2 Å². The van der Waals surface area contributed by atoms with Crippen molar-refractivity contribution < 1.29 is 23.9 Å². The third-order valence-electron chi connectivity index (χ3n) is 2.46. The second-order valence-electron chi connectivity index (χ2n) is 7.24. The first-order chi connectivity index (χ1) is 10.4. The minimum atomic E-state index is -0.737. The van der Waals surface area contributed by atoms with Gasteiger partial charge in [0.2, 0.25) is 0 Å². The number of unbranched alkanes of at least 4 members (excludes halogenated alkanes) is 1. The van der Waals surface area contributed by atoms with Crippen molar-refractivity contribution in [3.05, 3.63) is 0 Å². The van der Waals surface area contributed by atoms with Crippen LogP contribution in [0.1, 0.15) is 60.8 Å². The molecule has 134 valence electrons. The van der Waals surface area contributed by atoms with Gasteiger partial charge in [0.05, 0.1) is 5.33 Å². The number of hydrogen-bond donors (Lipinski definition) is 0. The lowest BCUT2D eigenvalue weighted by Gasteiger charge is -2.28. The lowest BCUT2D eigenvalue weighted by molar-refractivity contribution is -0.116. The number of alkyl halides is 1. The van der Waals surface area contributed by atoms with Crippen LogP contribution in [0.2, 0.25) is 0 Å². The molecule has 0 unspecified atom stereocenters. The zero-order chi connectivity index (χ0) is 18.3. The number of ketones is 1. The van der Waals surface area contributed by atoms with Crippen LogP contribution >= 0.6 is 15.9 Å². The van der Waals surface area contributed by atoms with Crippen LogP contribution in [0.15, 0.2) is 0 Å². The van der Waals surface area contributed by atoms with E-state index in [-0.39, 0.29) is 12.3 Å². The molecule has 0 rings (SSSR count). The zero-order valence-corrected chi connectivity index (χ0v) is 16.5. The number of rotatable bonds is 6. The predicted molar refractivity (Wildman–Crippen MR) is 91.8 cm³/mol. The second-order valence-corrected chi connectivity index (χ2v) is 7.80. The molecular weight excluding hydrogens is 366 g/mol. The molecule has 0 saturated heterocycles. The largest absolute Gasteiger partial charge is 0.443 e. The average molecular weight is 394 g/mol. The van der Waals surface area contributed by atoms with Gasteiger partial charge in [-0.05, 0) is 54.4 Å². The molecular formula is C16H28BrNO5. The summed E-state index contributed by atoms with van der Waals surface area (Å²) < 4.78 is 10.5. The number of imide groups is 1. The number of halogens is 1. The highest BCUT2D eigenvalue weighted by Gasteiger charge is 2.30. The molecule has 0 aromatic heterocycles. The summed E-state index contributed by atoms with van der Waals surface area (Å²) in [4.78, 5) is 36.6. The Bertz CT molecular complexity index is 395. The number of amides is 2. The molecule has 7 heteroatoms. The molecule has 0 spiro atoms. The van der Waals surface area contributed by atoms with E-state index in [9.17, 15) is 14.4 Å². The van der Waals surface area contributed by atoms with Gasteiger partial charge < -0.3 is 9.47 Å². The Kier molecular flexibility index (Phi) is 8.80. The van der Waals surface area contributed by atoms with Gasteiger partial charge in [-0.2, -0.15) is 0 Å². The van der Waals surface area contributed by atoms with Crippen LogP contribution in [0.4, 0.5) is 9.59 Å². The first-order valence-corrected chi connectivity index (χ1v) is 8.79. The minimum Gasteiger partial charge on any atom is -0.443 e. The van der Waals surface area contributed by atoms with Crippen molar-refractivity contribution in [3.8, 4) is 0 Å². The molecule has 0 radical (unpaired) electrons. The van der Waals surface area contributed by atoms with Gasteiger partial charge in [0.15, 0.2) is 0 Å². The van der Waals surface area contributed by atoms with Crippen LogP contribution in [0.25, 0.3) is 0 Å². The molecule has 0 atom stereocenters. The summed E-state index contributed by atoms with van der Waals surface area (Å²) >= 11 is 3.10. The molecule has 0 aromatic carbocycles. The van der Waals surface area contributed by atoms with Crippen molar-refractivity contribution in [2.75, 3.05) is 11.9 Å². The van der Waals surface area contributed by atoms with Crippen LogP contribution in [0, 0.1) is 0 Å². The summed E-state index contributed by atoms with van der Waals surface area (Å²) in [5.41, 5.74) is -1.41. The number of carbonyl (C=O) groups is 3. The van der Waals surface area contributed by atoms with Gasteiger partial charge in [-0.1, -0.05) is 15.9 Å². The van der Waals surface area contributed by atoms with E-state index in [4.69, 9.17) is 9.47 Å². The van der Waals surface area contributed by atoms with Crippen molar-refractivity contribution in [1.29, 1.82) is 0 Å². The summed E-state index contributed by atoms with van der Waals surface area (Å²) in [5.74, 6) is 0.0890. The van der Waals surface area contributed by atoms with E-state index < -0.39 is 23.4 Å². The molecule has 0 fully saturated rings. The smallest absolute Gasteiger partial charge is 0.419 e. The van der Waals surface area contributed by atoms with Crippen LogP contribution < -0.4 is 0 Å². The van der Waals surface area contributed by atoms with E-state index in [0.717, 1.165) is 4.90 Å². The Morgan fingerprint density at radius 1 is 0.870 bits per heavy atom. The lowest BCUT2D eigenvalue weighted by Crippen LogP contribution is -2.44. The minimum absolute atomic E-state index is 0.0890. The van der Waals surface area contributed by atoms with Crippen LogP contribution in [0.5, 0.6) is 0 Å². The molecule has 0 aromatic rings. The monoisotopic (exact) mass is 393 g/mol. The van der Waals surface area contributed by atoms with E-state index in [1.807, 2.05) is 0 Å². The molecule has 0 aliphatic heterocycles. The Morgan fingerprint density at radius 2 is 1.30 bits per heavy atom. The first kappa shape index (κ1) is 21.9. The standard InChI is InChI=1S/C16H28BrNO5/c1-15(2,3)22-13(20)18(14(21)23-16(4,5)6)10-8-7-9-12(19)11-17/h7-11H2,1-6H3. The number of Topliss-reactive ketones (excluding diaryl/α,β-unsaturated/α-hetero) is 1. The van der Waals surface area contributed by atoms with Gasteiger partial charge in [0, 0.05) is 13.0 Å². The Morgan fingerprint density at radius 3 is 1.65 bits per heavy atom. The van der Waals surface area contributed by atoms with Crippen LogP contribution in [0.3, 0.4) is 0 Å². The highest BCUT2D eigenvalue weighted by Crippen LogP contribution is 2.15. The number of hydrogen-bond acceptors (Lipinski definition) is 5. The summed E-state index contributed by atoms with van der Waals surface area (Å²) in [6.07, 6.45) is 0.0306. The number of carbonyl (C=O) groups excluding carboxylic acids is 3. The SMILES string of the molecule is CC(C)(C)OC(=O)N(CCCCC(=O)CBr)C(=O)OC(C)(C)C. The van der Waals surface area contributed by atoms with Crippen molar-refractivity contribution in [1.82, 2.24) is 4.90 Å². The Balaban J connectivity index is 4.76. The molecule has 0 bridgehead atoms. The van der Waals surface area contributed by atoms with Crippen LogP contribution in [-0.4, -0.2) is 45.9 Å². The normalized spacial score (nSPS) is 11.8. The summed E-state index contributed by atoms with van der Waals surface area (Å²) in [7, 11) is 0. The zero-order valence-electron chi connectivity index (χ0n) is 14.9. The quantitative estimate of drug-likeness (QED) is 0.496. The Hall–Kier alpha value is -1.11. The van der Waals surface area contributed by atoms with Gasteiger partial charge in [-0.3, -0.25) is 4.79 Å². The first-order valence-electron chi connectivity index (χ1n) is 7.67. The molecule has 0 N–H and O–H groups in total. The summed E-state index contributed by atoms with van der Waals surface area (Å²) in [5, 5.41) is 0.314. The van der Waals surface area contributed by atoms with E-state index in [2.05, 4.69) is 15.9 Å². The van der Waals surface area contributed by atoms with Crippen molar-refractivity contribution >= 4 is 33.9 Å². The van der Waals surface area contributed by atoms with Crippen LogP contribution in [-0.2, 0) is 14.3 Å². The van der Waals surface area contributed by atoms with Gasteiger partial charge in [0.1, 0.15) is 17.0 Å². The van der Waals surface area contributed by atoms with Crippen molar-refractivity contribution in [2.45, 2.75) is 72.0 Å². The lowest BCUT2D eigenvalue weighted by atomic mass is 10.2. The van der Waals surface area contributed by atoms with Crippen molar-refractivity contribution in [2.24, 2.45) is 0 Å². The van der Waals surface area contributed by atoms with E-state index >= 15 is 0 Å². The Labute approximate surface area is 147 Å². The number of ether oxygens (including phenoxy) is 2. The predicted octanol–water partition coefficient (Wildman–Crippen LogP) is 4.29. The molecule has 2 amide bonds. The third-order valence-corrected chi connectivity index (χ3v) is 3.09. The summed E-state index contributed by atoms with van der Waals surface area (Å²) in [6, 6.07) is 0. The van der Waals surface area contributed by atoms with E-state index in [0.29, 0.717) is 24.6 Å². The highest BCUT2D eigenvalue weighted by atomic mass is 79.9.